The molecule has 2 aliphatic heterocycles. The van der Waals surface area contributed by atoms with Crippen LogP contribution in [0.2, 0.25) is 0 Å². The maximum Gasteiger partial charge on any atom is 0.498 e. The maximum atomic E-state index is 14.5. The third kappa shape index (κ3) is 2.97. The van der Waals surface area contributed by atoms with Crippen molar-refractivity contribution < 1.29 is 18.5 Å². The molecule has 0 aromatic carbocycles. The topological polar surface area (TPSA) is 56.6 Å². The fraction of sp³-hybridized carbons (Fsp3) is 0.750. The third-order valence-corrected chi connectivity index (χ3v) is 5.44. The Balaban J connectivity index is 1.72. The molecule has 0 unspecified atom stereocenters. The summed E-state index contributed by atoms with van der Waals surface area (Å²) in [7, 11) is -0.501. The predicted octanol–water partition coefficient (Wildman–Crippen LogP) is 1.31. The van der Waals surface area contributed by atoms with Crippen molar-refractivity contribution >= 4 is 18.5 Å². The Kier molecular flexibility index (Phi) is 4.24. The van der Waals surface area contributed by atoms with Crippen LogP contribution >= 0.6 is 0 Å². The van der Waals surface area contributed by atoms with Crippen LogP contribution in [0.1, 0.15) is 47.1 Å². The Bertz CT molecular complexity index is 618. The van der Waals surface area contributed by atoms with Gasteiger partial charge in [-0.25, -0.2) is 4.39 Å². The van der Waals surface area contributed by atoms with Gasteiger partial charge in [0, 0.05) is 31.3 Å². The molecular formula is C16H25BFN3O3. The molecule has 24 heavy (non-hydrogen) atoms. The second kappa shape index (κ2) is 5.84. The quantitative estimate of drug-likeness (QED) is 0.764. The maximum absolute atomic E-state index is 14.5. The van der Waals surface area contributed by atoms with Crippen molar-refractivity contribution in [2.24, 2.45) is 0 Å². The zero-order valence-corrected chi connectivity index (χ0v) is 15.0. The molecule has 3 heterocycles. The molecule has 2 atom stereocenters. The molecule has 1 amide bonds. The number of rotatable bonds is 2. The average molecular weight is 337 g/mol. The number of amides is 1. The molecule has 132 valence electrons. The lowest BCUT2D eigenvalue weighted by atomic mass is 9.82. The van der Waals surface area contributed by atoms with E-state index in [0.717, 1.165) is 5.46 Å². The molecular weight excluding hydrogens is 312 g/mol. The number of aromatic nitrogens is 2. The van der Waals surface area contributed by atoms with Crippen molar-refractivity contribution in [1.82, 2.24) is 14.7 Å². The molecule has 2 saturated heterocycles. The van der Waals surface area contributed by atoms with E-state index in [1.807, 2.05) is 27.7 Å². The molecule has 1 aromatic rings. The first-order valence-corrected chi connectivity index (χ1v) is 8.40. The predicted molar refractivity (Wildman–Crippen MR) is 88.7 cm³/mol. The van der Waals surface area contributed by atoms with Gasteiger partial charge in [0.05, 0.1) is 23.8 Å². The Hall–Kier alpha value is -1.41. The van der Waals surface area contributed by atoms with Gasteiger partial charge in [-0.1, -0.05) is 0 Å². The van der Waals surface area contributed by atoms with Crippen molar-refractivity contribution in [3.63, 3.8) is 0 Å². The van der Waals surface area contributed by atoms with Crippen molar-refractivity contribution in [1.29, 1.82) is 0 Å². The summed E-state index contributed by atoms with van der Waals surface area (Å²) in [5.41, 5.74) is -0.0559. The number of likely N-dealkylation sites (tertiary alicyclic amines) is 1. The number of hydrogen-bond donors (Lipinski definition) is 0. The fourth-order valence-corrected chi connectivity index (χ4v) is 3.11. The van der Waals surface area contributed by atoms with Crippen LogP contribution in [0.3, 0.4) is 0 Å². The van der Waals surface area contributed by atoms with Gasteiger partial charge in [-0.2, -0.15) is 5.10 Å². The van der Waals surface area contributed by atoms with E-state index in [9.17, 15) is 9.18 Å². The molecule has 0 bridgehead atoms. The first-order valence-electron chi connectivity index (χ1n) is 8.40. The summed E-state index contributed by atoms with van der Waals surface area (Å²) in [6.45, 7) is 10.1. The van der Waals surface area contributed by atoms with Gasteiger partial charge >= 0.3 is 7.12 Å². The summed E-state index contributed by atoms with van der Waals surface area (Å²) in [4.78, 5) is 12.9. The molecule has 8 heteroatoms. The highest BCUT2D eigenvalue weighted by Crippen LogP contribution is 2.36. The zero-order chi connectivity index (χ0) is 17.7. The van der Waals surface area contributed by atoms with E-state index in [4.69, 9.17) is 9.31 Å². The molecule has 0 radical (unpaired) electrons. The van der Waals surface area contributed by atoms with E-state index in [2.05, 4.69) is 5.10 Å². The van der Waals surface area contributed by atoms with Gasteiger partial charge in [0.25, 0.3) is 0 Å². The number of halogens is 1. The Labute approximate surface area is 142 Å². The van der Waals surface area contributed by atoms with Crippen LogP contribution < -0.4 is 5.46 Å². The van der Waals surface area contributed by atoms with Gasteiger partial charge in [0.1, 0.15) is 6.17 Å². The van der Waals surface area contributed by atoms with Gasteiger partial charge in [0.2, 0.25) is 5.91 Å². The molecule has 3 rings (SSSR count). The monoisotopic (exact) mass is 337 g/mol. The summed E-state index contributed by atoms with van der Waals surface area (Å²) in [5.74, 6) is -0.0885. The van der Waals surface area contributed by atoms with Crippen LogP contribution in [0.15, 0.2) is 12.4 Å². The standard InChI is InChI=1S/C16H25BFN3O3/c1-11(22)20-7-6-14(13(18)10-20)21-9-12(8-19-21)17-23-15(2,3)16(4,5)24-17/h8-9,13-14H,6-7,10H2,1-5H3/t13-,14-/m0/s1. The van der Waals surface area contributed by atoms with E-state index >= 15 is 0 Å². The largest absolute Gasteiger partial charge is 0.498 e. The zero-order valence-electron chi connectivity index (χ0n) is 15.0. The number of carbonyl (C=O) groups is 1. The number of carbonyl (C=O) groups excluding carboxylic acids is 1. The number of alkyl halides is 1. The van der Waals surface area contributed by atoms with Crippen LogP contribution in [0.5, 0.6) is 0 Å². The number of piperidine rings is 1. The minimum absolute atomic E-state index is 0.0885. The molecule has 0 aliphatic carbocycles. The minimum atomic E-state index is -1.13. The third-order valence-electron chi connectivity index (χ3n) is 5.44. The summed E-state index contributed by atoms with van der Waals surface area (Å²) >= 11 is 0. The molecule has 0 spiro atoms. The molecule has 2 fully saturated rings. The molecule has 2 aliphatic rings. The van der Waals surface area contributed by atoms with Gasteiger partial charge in [-0.3, -0.25) is 9.48 Å². The van der Waals surface area contributed by atoms with Gasteiger partial charge in [-0.15, -0.1) is 0 Å². The minimum Gasteiger partial charge on any atom is -0.399 e. The van der Waals surface area contributed by atoms with Crippen molar-refractivity contribution in [2.45, 2.75) is 64.5 Å². The second-order valence-corrected chi connectivity index (χ2v) is 7.68. The van der Waals surface area contributed by atoms with Crippen LogP contribution in [0, 0.1) is 0 Å². The van der Waals surface area contributed by atoms with Gasteiger partial charge in [-0.05, 0) is 34.1 Å². The van der Waals surface area contributed by atoms with E-state index < -0.39 is 24.5 Å². The Morgan fingerprint density at radius 3 is 2.50 bits per heavy atom. The average Bonchev–Trinajstić information content (AvgIpc) is 3.02. The summed E-state index contributed by atoms with van der Waals surface area (Å²) < 4.78 is 28.1. The van der Waals surface area contributed by atoms with Gasteiger partial charge in [0.15, 0.2) is 0 Å². The van der Waals surface area contributed by atoms with Crippen molar-refractivity contribution in [3.05, 3.63) is 12.4 Å². The number of nitrogens with zero attached hydrogens (tertiary/aromatic N) is 3. The van der Waals surface area contributed by atoms with E-state index in [-0.39, 0.29) is 18.5 Å². The fourth-order valence-electron chi connectivity index (χ4n) is 3.11. The highest BCUT2D eigenvalue weighted by molar-refractivity contribution is 6.62. The second-order valence-electron chi connectivity index (χ2n) is 7.68. The van der Waals surface area contributed by atoms with Crippen LogP contribution in [0.4, 0.5) is 4.39 Å². The summed E-state index contributed by atoms with van der Waals surface area (Å²) in [6.07, 6.45) is 2.88. The van der Waals surface area contributed by atoms with E-state index in [1.165, 1.54) is 6.92 Å². The molecule has 0 N–H and O–H groups in total. The lowest BCUT2D eigenvalue weighted by Crippen LogP contribution is -2.45. The SMILES string of the molecule is CC(=O)N1CC[C@H](n2cc(B3OC(C)(C)C(C)(C)O3)cn2)[C@@H](F)C1. The molecule has 1 aromatic heterocycles. The van der Waals surface area contributed by atoms with E-state index in [0.29, 0.717) is 13.0 Å². The highest BCUT2D eigenvalue weighted by atomic mass is 19.1. The smallest absolute Gasteiger partial charge is 0.399 e. The van der Waals surface area contributed by atoms with Crippen molar-refractivity contribution in [2.75, 3.05) is 13.1 Å². The van der Waals surface area contributed by atoms with Crippen molar-refractivity contribution in [3.8, 4) is 0 Å². The Morgan fingerprint density at radius 1 is 1.33 bits per heavy atom. The lowest BCUT2D eigenvalue weighted by Gasteiger charge is -2.34. The van der Waals surface area contributed by atoms with Crippen LogP contribution in [-0.4, -0.2) is 58.2 Å². The normalized spacial score (nSPS) is 29.1. The summed E-state index contributed by atoms with van der Waals surface area (Å²) in [6, 6.07) is -0.364. The van der Waals surface area contributed by atoms with Gasteiger partial charge < -0.3 is 14.2 Å². The highest BCUT2D eigenvalue weighted by Gasteiger charge is 2.52. The molecule has 0 saturated carbocycles. The first kappa shape index (κ1) is 17.4. The lowest BCUT2D eigenvalue weighted by molar-refractivity contribution is -0.131. The Morgan fingerprint density at radius 2 is 1.96 bits per heavy atom. The van der Waals surface area contributed by atoms with Crippen LogP contribution in [-0.2, 0) is 14.1 Å². The molecule has 6 nitrogen and oxygen atoms in total. The first-order chi connectivity index (χ1) is 11.1. The van der Waals surface area contributed by atoms with E-state index in [1.54, 1.807) is 22.0 Å². The summed E-state index contributed by atoms with van der Waals surface area (Å²) in [5, 5.41) is 4.31. The van der Waals surface area contributed by atoms with Crippen LogP contribution in [0.25, 0.3) is 0 Å². The number of hydrogen-bond acceptors (Lipinski definition) is 4.